The molecule has 0 unspecified atom stereocenters. The Kier molecular flexibility index (Phi) is 7.70. The Morgan fingerprint density at radius 3 is 1.85 bits per heavy atom. The van der Waals surface area contributed by atoms with Crippen LogP contribution in [-0.2, 0) is 4.74 Å². The van der Waals surface area contributed by atoms with Crippen molar-refractivity contribution in [3.8, 4) is 0 Å². The van der Waals surface area contributed by atoms with Crippen LogP contribution in [-0.4, -0.2) is 6.61 Å². The smallest absolute Gasteiger partial charge is 0.119 e. The lowest BCUT2D eigenvalue weighted by Crippen LogP contribution is -1.98. The van der Waals surface area contributed by atoms with Gasteiger partial charge in [0.05, 0.1) is 6.61 Å². The van der Waals surface area contributed by atoms with E-state index in [1.165, 1.54) is 11.1 Å². The Morgan fingerprint density at radius 1 is 0.846 bits per heavy atom. The predicted octanol–water partition coefficient (Wildman–Crippen LogP) is 6.95. The zero-order valence-electron chi connectivity index (χ0n) is 15.9. The van der Waals surface area contributed by atoms with E-state index in [0.717, 1.165) is 29.6 Å². The van der Waals surface area contributed by atoms with Gasteiger partial charge in [0, 0.05) is 5.57 Å². The molecule has 0 aromatic heterocycles. The number of hydrogen-bond acceptors (Lipinski definition) is 1. The lowest BCUT2D eigenvalue weighted by molar-refractivity contribution is 0.240. The third-order valence-electron chi connectivity index (χ3n) is 4.14. The summed E-state index contributed by atoms with van der Waals surface area (Å²) >= 11 is 0. The van der Waals surface area contributed by atoms with Crippen LogP contribution in [0.4, 0.5) is 0 Å². The normalized spacial score (nSPS) is 10.9. The number of benzene rings is 2. The van der Waals surface area contributed by atoms with Crippen molar-refractivity contribution in [1.82, 2.24) is 0 Å². The second-order valence-electron chi connectivity index (χ2n) is 6.10. The largest absolute Gasteiger partial charge is 0.494 e. The molecule has 26 heavy (non-hydrogen) atoms. The Morgan fingerprint density at radius 2 is 1.38 bits per heavy atom. The third kappa shape index (κ3) is 5.35. The van der Waals surface area contributed by atoms with E-state index in [4.69, 9.17) is 4.74 Å². The molecule has 2 aromatic rings. The second-order valence-corrected chi connectivity index (χ2v) is 6.10. The van der Waals surface area contributed by atoms with Crippen molar-refractivity contribution < 1.29 is 4.74 Å². The van der Waals surface area contributed by atoms with Crippen LogP contribution in [0.25, 0.3) is 5.57 Å². The minimum absolute atomic E-state index is 0.601. The summed E-state index contributed by atoms with van der Waals surface area (Å²) in [7, 11) is 0. The van der Waals surface area contributed by atoms with E-state index in [1.807, 2.05) is 19.1 Å². The second kappa shape index (κ2) is 10.2. The number of allylic oxidation sites excluding steroid dienone is 3. The van der Waals surface area contributed by atoms with E-state index in [0.29, 0.717) is 12.4 Å². The Labute approximate surface area is 158 Å². The number of ether oxygens (including phenoxy) is 1. The molecule has 0 saturated heterocycles. The summed E-state index contributed by atoms with van der Waals surface area (Å²) in [5.41, 5.74) is 5.56. The van der Waals surface area contributed by atoms with Gasteiger partial charge < -0.3 is 4.74 Å². The number of hydrogen-bond donors (Lipinski definition) is 0. The van der Waals surface area contributed by atoms with Crippen molar-refractivity contribution in [2.45, 2.75) is 26.7 Å². The highest BCUT2D eigenvalue weighted by Gasteiger charge is 2.09. The fraction of sp³-hybridized carbons (Fsp3) is 0.200. The monoisotopic (exact) mass is 344 g/mol. The molecule has 0 heterocycles. The first kappa shape index (κ1) is 19.5. The van der Waals surface area contributed by atoms with Gasteiger partial charge in [0.25, 0.3) is 0 Å². The zero-order chi connectivity index (χ0) is 18.8. The molecule has 1 heteroatoms. The number of rotatable bonds is 9. The first-order valence-corrected chi connectivity index (χ1v) is 9.20. The molecule has 0 bridgehead atoms. The molecule has 0 spiro atoms. The molecule has 0 aliphatic heterocycles. The van der Waals surface area contributed by atoms with E-state index in [-0.39, 0.29) is 0 Å². The molecule has 0 saturated carbocycles. The van der Waals surface area contributed by atoms with E-state index in [1.54, 1.807) is 0 Å². The van der Waals surface area contributed by atoms with E-state index in [9.17, 15) is 0 Å². The maximum Gasteiger partial charge on any atom is 0.119 e. The Bertz CT molecular complexity index is 718. The molecule has 0 aliphatic rings. The first-order valence-electron chi connectivity index (χ1n) is 9.20. The van der Waals surface area contributed by atoms with Crippen molar-refractivity contribution in [1.29, 1.82) is 0 Å². The molecular formula is C25H28O. The van der Waals surface area contributed by atoms with Crippen LogP contribution in [0.2, 0.25) is 0 Å². The SMILES string of the molecule is C=C(CCC)/C(=C/C=C(c1ccccc1)c1ccccc1)C(=C)OCC. The van der Waals surface area contributed by atoms with Gasteiger partial charge in [0.15, 0.2) is 0 Å². The van der Waals surface area contributed by atoms with E-state index < -0.39 is 0 Å². The standard InChI is InChI=1S/C25H28O/c1-5-13-20(3)24(21(4)26-6-2)18-19-25(22-14-9-7-10-15-22)23-16-11-8-12-17-23/h7-12,14-19H,3-6,13H2,1-2H3/b24-18-. The van der Waals surface area contributed by atoms with Gasteiger partial charge >= 0.3 is 0 Å². The summed E-state index contributed by atoms with van der Waals surface area (Å²) < 4.78 is 5.66. The van der Waals surface area contributed by atoms with Crippen molar-refractivity contribution in [2.75, 3.05) is 6.61 Å². The third-order valence-corrected chi connectivity index (χ3v) is 4.14. The van der Waals surface area contributed by atoms with Crippen LogP contribution >= 0.6 is 0 Å². The summed E-state index contributed by atoms with van der Waals surface area (Å²) in [5.74, 6) is 0.683. The molecule has 0 fully saturated rings. The summed E-state index contributed by atoms with van der Waals surface area (Å²) in [5, 5.41) is 0. The highest BCUT2D eigenvalue weighted by Crippen LogP contribution is 2.26. The van der Waals surface area contributed by atoms with Crippen molar-refractivity contribution in [2.24, 2.45) is 0 Å². The van der Waals surface area contributed by atoms with Gasteiger partial charge in [0.1, 0.15) is 5.76 Å². The van der Waals surface area contributed by atoms with Crippen LogP contribution in [0, 0.1) is 0 Å². The molecular weight excluding hydrogens is 316 g/mol. The molecule has 134 valence electrons. The van der Waals surface area contributed by atoms with Gasteiger partial charge in [0.2, 0.25) is 0 Å². The molecule has 0 aliphatic carbocycles. The van der Waals surface area contributed by atoms with Crippen molar-refractivity contribution in [3.63, 3.8) is 0 Å². The summed E-state index contributed by atoms with van der Waals surface area (Å²) in [6, 6.07) is 20.8. The van der Waals surface area contributed by atoms with Crippen molar-refractivity contribution in [3.05, 3.63) is 114 Å². The topological polar surface area (TPSA) is 9.23 Å². The van der Waals surface area contributed by atoms with Crippen molar-refractivity contribution >= 4 is 5.57 Å². The molecule has 0 atom stereocenters. The highest BCUT2D eigenvalue weighted by molar-refractivity contribution is 5.81. The van der Waals surface area contributed by atoms with Crippen LogP contribution in [0.15, 0.2) is 103 Å². The Hall–Kier alpha value is -2.80. The van der Waals surface area contributed by atoms with Gasteiger partial charge in [-0.15, -0.1) is 0 Å². The highest BCUT2D eigenvalue weighted by atomic mass is 16.5. The van der Waals surface area contributed by atoms with Gasteiger partial charge in [-0.25, -0.2) is 0 Å². The fourth-order valence-electron chi connectivity index (χ4n) is 2.86. The molecule has 0 N–H and O–H groups in total. The average Bonchev–Trinajstić information content (AvgIpc) is 2.67. The lowest BCUT2D eigenvalue weighted by atomic mass is 9.95. The summed E-state index contributed by atoms with van der Waals surface area (Å²) in [4.78, 5) is 0. The molecule has 1 nitrogen and oxygen atoms in total. The molecule has 0 amide bonds. The van der Waals surface area contributed by atoms with Gasteiger partial charge in [-0.2, -0.15) is 0 Å². The summed E-state index contributed by atoms with van der Waals surface area (Å²) in [6.45, 7) is 13.1. The Balaban J connectivity index is 2.50. The quantitative estimate of drug-likeness (QED) is 0.353. The lowest BCUT2D eigenvalue weighted by Gasteiger charge is -2.14. The van der Waals surface area contributed by atoms with Gasteiger partial charge in [-0.1, -0.05) is 99.3 Å². The average molecular weight is 344 g/mol. The maximum absolute atomic E-state index is 5.66. The molecule has 0 radical (unpaired) electrons. The van der Waals surface area contributed by atoms with Gasteiger partial charge in [-0.3, -0.25) is 0 Å². The van der Waals surface area contributed by atoms with Crippen LogP contribution in [0.1, 0.15) is 37.8 Å². The fourth-order valence-corrected chi connectivity index (χ4v) is 2.86. The summed E-state index contributed by atoms with van der Waals surface area (Å²) in [6.07, 6.45) is 6.21. The first-order chi connectivity index (χ1) is 12.7. The maximum atomic E-state index is 5.66. The van der Waals surface area contributed by atoms with E-state index >= 15 is 0 Å². The molecule has 2 rings (SSSR count). The van der Waals surface area contributed by atoms with Crippen LogP contribution in [0.3, 0.4) is 0 Å². The van der Waals surface area contributed by atoms with Gasteiger partial charge in [-0.05, 0) is 35.6 Å². The minimum atomic E-state index is 0.601. The molecule has 2 aromatic carbocycles. The van der Waals surface area contributed by atoms with Crippen LogP contribution in [0.5, 0.6) is 0 Å². The zero-order valence-corrected chi connectivity index (χ0v) is 15.9. The minimum Gasteiger partial charge on any atom is -0.494 e. The predicted molar refractivity (Wildman–Crippen MR) is 113 cm³/mol. The van der Waals surface area contributed by atoms with E-state index in [2.05, 4.69) is 80.8 Å². The van der Waals surface area contributed by atoms with Crippen LogP contribution < -0.4 is 0 Å².